The van der Waals surface area contributed by atoms with Crippen molar-refractivity contribution in [2.75, 3.05) is 7.11 Å². The van der Waals surface area contributed by atoms with E-state index in [2.05, 4.69) is 0 Å². The molecule has 1 aliphatic heterocycles. The molecule has 0 spiro atoms. The van der Waals surface area contributed by atoms with Gasteiger partial charge in [-0.05, 0) is 43.3 Å². The van der Waals surface area contributed by atoms with E-state index >= 15 is 0 Å². The Labute approximate surface area is 143 Å². The Morgan fingerprint density at radius 1 is 0.920 bits per heavy atom. The fourth-order valence-electron chi connectivity index (χ4n) is 2.32. The second-order valence-corrected chi connectivity index (χ2v) is 5.30. The number of amides is 2. The summed E-state index contributed by atoms with van der Waals surface area (Å²) in [7, 11) is 1.54. The minimum Gasteiger partial charge on any atom is -0.497 e. The third-order valence-corrected chi connectivity index (χ3v) is 3.64. The first-order chi connectivity index (χ1) is 12.0. The van der Waals surface area contributed by atoms with Crippen molar-refractivity contribution in [2.24, 2.45) is 0 Å². The smallest absolute Gasteiger partial charge is 0.373 e. The van der Waals surface area contributed by atoms with Crippen LogP contribution in [0.1, 0.15) is 27.6 Å². The predicted molar refractivity (Wildman–Crippen MR) is 86.1 cm³/mol. The standard InChI is InChI=1S/C18H15NO6/c1-11(24-13-9-7-12(23-2)8-10-13)18(22)25-19-16(20)14-5-3-4-6-15(14)17(19)21/h3-11H,1-2H3. The highest BCUT2D eigenvalue weighted by Crippen LogP contribution is 2.23. The lowest BCUT2D eigenvalue weighted by Gasteiger charge is -2.17. The van der Waals surface area contributed by atoms with E-state index in [1.807, 2.05) is 0 Å². The maximum atomic E-state index is 12.2. The molecule has 1 unspecified atom stereocenters. The van der Waals surface area contributed by atoms with Gasteiger partial charge in [0.05, 0.1) is 18.2 Å². The molecule has 1 heterocycles. The van der Waals surface area contributed by atoms with Gasteiger partial charge in [-0.2, -0.15) is 0 Å². The first kappa shape index (κ1) is 16.5. The highest BCUT2D eigenvalue weighted by atomic mass is 16.7. The topological polar surface area (TPSA) is 82.1 Å². The number of hydrogen-bond acceptors (Lipinski definition) is 6. The van der Waals surface area contributed by atoms with Crippen LogP contribution in [0, 0.1) is 0 Å². The summed E-state index contributed by atoms with van der Waals surface area (Å²) in [6.07, 6.45) is -1.02. The molecule has 0 aromatic heterocycles. The number of hydroxylamine groups is 2. The largest absolute Gasteiger partial charge is 0.497 e. The number of imide groups is 1. The Morgan fingerprint density at radius 2 is 1.44 bits per heavy atom. The Balaban J connectivity index is 1.66. The van der Waals surface area contributed by atoms with Crippen LogP contribution in [0.15, 0.2) is 48.5 Å². The first-order valence-electron chi connectivity index (χ1n) is 7.51. The summed E-state index contributed by atoms with van der Waals surface area (Å²) in [4.78, 5) is 41.4. The molecule has 0 aliphatic carbocycles. The van der Waals surface area contributed by atoms with Crippen molar-refractivity contribution in [1.29, 1.82) is 0 Å². The van der Waals surface area contributed by atoms with Crippen molar-refractivity contribution in [2.45, 2.75) is 13.0 Å². The van der Waals surface area contributed by atoms with Crippen molar-refractivity contribution in [3.8, 4) is 11.5 Å². The third kappa shape index (κ3) is 3.16. The van der Waals surface area contributed by atoms with Crippen LogP contribution in [0.5, 0.6) is 11.5 Å². The monoisotopic (exact) mass is 341 g/mol. The SMILES string of the molecule is COc1ccc(OC(C)C(=O)ON2C(=O)c3ccccc3C2=O)cc1. The number of fused-ring (bicyclic) bond motifs is 1. The average molecular weight is 341 g/mol. The predicted octanol–water partition coefficient (Wildman–Crippen LogP) is 2.22. The molecule has 1 aliphatic rings. The van der Waals surface area contributed by atoms with E-state index in [1.165, 1.54) is 26.2 Å². The number of benzene rings is 2. The van der Waals surface area contributed by atoms with Crippen molar-refractivity contribution in [1.82, 2.24) is 5.06 Å². The van der Waals surface area contributed by atoms with Gasteiger partial charge in [0, 0.05) is 0 Å². The summed E-state index contributed by atoms with van der Waals surface area (Å²) < 4.78 is 10.5. The zero-order valence-corrected chi connectivity index (χ0v) is 13.6. The van der Waals surface area contributed by atoms with E-state index in [-0.39, 0.29) is 11.1 Å². The van der Waals surface area contributed by atoms with Gasteiger partial charge in [0.15, 0.2) is 6.10 Å². The maximum Gasteiger partial charge on any atom is 0.373 e. The molecule has 2 aromatic carbocycles. The molecular weight excluding hydrogens is 326 g/mol. The van der Waals surface area contributed by atoms with Gasteiger partial charge in [-0.1, -0.05) is 17.2 Å². The highest BCUT2D eigenvalue weighted by Gasteiger charge is 2.39. The molecule has 25 heavy (non-hydrogen) atoms. The van der Waals surface area contributed by atoms with Crippen LogP contribution in [-0.2, 0) is 9.63 Å². The molecule has 0 saturated heterocycles. The number of rotatable bonds is 5. The summed E-state index contributed by atoms with van der Waals surface area (Å²) in [5.74, 6) is -1.14. The van der Waals surface area contributed by atoms with Crippen LogP contribution in [0.3, 0.4) is 0 Å². The molecular formula is C18H15NO6. The minimum atomic E-state index is -1.02. The lowest BCUT2D eigenvalue weighted by molar-refractivity contribution is -0.176. The van der Waals surface area contributed by atoms with Gasteiger partial charge < -0.3 is 14.3 Å². The van der Waals surface area contributed by atoms with E-state index < -0.39 is 23.9 Å². The van der Waals surface area contributed by atoms with Crippen LogP contribution in [-0.4, -0.2) is 36.1 Å². The molecule has 1 atom stereocenters. The lowest BCUT2D eigenvalue weighted by Crippen LogP contribution is -2.37. The number of ether oxygens (including phenoxy) is 2. The second kappa shape index (κ2) is 6.64. The lowest BCUT2D eigenvalue weighted by atomic mass is 10.1. The quantitative estimate of drug-likeness (QED) is 0.776. The van der Waals surface area contributed by atoms with E-state index in [0.717, 1.165) is 0 Å². The molecule has 7 nitrogen and oxygen atoms in total. The van der Waals surface area contributed by atoms with Gasteiger partial charge in [-0.3, -0.25) is 9.59 Å². The molecule has 3 rings (SSSR count). The summed E-state index contributed by atoms with van der Waals surface area (Å²) in [5, 5.41) is 0.459. The van der Waals surface area contributed by atoms with Crippen LogP contribution in [0.2, 0.25) is 0 Å². The molecule has 2 aromatic rings. The third-order valence-electron chi connectivity index (χ3n) is 3.64. The normalized spacial score (nSPS) is 14.1. The zero-order chi connectivity index (χ0) is 18.0. The van der Waals surface area contributed by atoms with E-state index in [4.69, 9.17) is 14.3 Å². The van der Waals surface area contributed by atoms with Crippen molar-refractivity contribution < 1.29 is 28.7 Å². The number of carbonyl (C=O) groups is 3. The molecule has 0 N–H and O–H groups in total. The molecule has 0 bridgehead atoms. The molecule has 7 heteroatoms. The first-order valence-corrected chi connectivity index (χ1v) is 7.51. The van der Waals surface area contributed by atoms with Gasteiger partial charge >= 0.3 is 5.97 Å². The summed E-state index contributed by atoms with van der Waals surface area (Å²) in [6.45, 7) is 1.46. The van der Waals surface area contributed by atoms with Crippen molar-refractivity contribution >= 4 is 17.8 Å². The van der Waals surface area contributed by atoms with Gasteiger partial charge in [-0.15, -0.1) is 0 Å². The van der Waals surface area contributed by atoms with Gasteiger partial charge in [-0.25, -0.2) is 4.79 Å². The summed E-state index contributed by atoms with van der Waals surface area (Å²) in [5.41, 5.74) is 0.396. The van der Waals surface area contributed by atoms with E-state index in [0.29, 0.717) is 16.6 Å². The molecule has 128 valence electrons. The summed E-state index contributed by atoms with van der Waals surface area (Å²) >= 11 is 0. The minimum absolute atomic E-state index is 0.198. The van der Waals surface area contributed by atoms with E-state index in [9.17, 15) is 14.4 Å². The van der Waals surface area contributed by atoms with Crippen LogP contribution >= 0.6 is 0 Å². The van der Waals surface area contributed by atoms with Crippen LogP contribution < -0.4 is 9.47 Å². The number of methoxy groups -OCH3 is 1. The van der Waals surface area contributed by atoms with Gasteiger partial charge in [0.1, 0.15) is 11.5 Å². The molecule has 0 saturated carbocycles. The number of hydrogen-bond donors (Lipinski definition) is 0. The number of nitrogens with zero attached hydrogens (tertiary/aromatic N) is 1. The van der Waals surface area contributed by atoms with Gasteiger partial charge in [0.25, 0.3) is 11.8 Å². The van der Waals surface area contributed by atoms with Crippen LogP contribution in [0.4, 0.5) is 0 Å². The number of carbonyl (C=O) groups excluding carboxylic acids is 3. The highest BCUT2D eigenvalue weighted by molar-refractivity contribution is 6.20. The molecule has 0 fully saturated rings. The zero-order valence-electron chi connectivity index (χ0n) is 13.6. The Hall–Kier alpha value is -3.35. The Kier molecular flexibility index (Phi) is 4.38. The summed E-state index contributed by atoms with van der Waals surface area (Å²) in [6, 6.07) is 12.9. The average Bonchev–Trinajstić information content (AvgIpc) is 2.87. The maximum absolute atomic E-state index is 12.2. The van der Waals surface area contributed by atoms with Crippen molar-refractivity contribution in [3.63, 3.8) is 0 Å². The van der Waals surface area contributed by atoms with Gasteiger partial charge in [0.2, 0.25) is 0 Å². The Bertz CT molecular complexity index is 795. The van der Waals surface area contributed by atoms with Crippen LogP contribution in [0.25, 0.3) is 0 Å². The molecule has 0 radical (unpaired) electrons. The Morgan fingerprint density at radius 3 is 1.96 bits per heavy atom. The fraction of sp³-hybridized carbons (Fsp3) is 0.167. The second-order valence-electron chi connectivity index (χ2n) is 5.30. The van der Waals surface area contributed by atoms with E-state index in [1.54, 1.807) is 36.4 Å². The fourth-order valence-corrected chi connectivity index (χ4v) is 2.32. The molecule has 2 amide bonds. The van der Waals surface area contributed by atoms with Crippen molar-refractivity contribution in [3.05, 3.63) is 59.7 Å².